The van der Waals surface area contributed by atoms with Gasteiger partial charge in [-0.15, -0.1) is 11.8 Å². The fraction of sp³-hybridized carbons (Fsp3) is 0.750. The molecule has 4 heteroatoms. The van der Waals surface area contributed by atoms with Crippen molar-refractivity contribution >= 4 is 8.32 Å². The van der Waals surface area contributed by atoms with E-state index in [-0.39, 0.29) is 17.2 Å². The largest absolute Gasteiger partial charge is 0.411 e. The number of hydrogen-bond donors (Lipinski definition) is 2. The molecule has 0 rings (SSSR count). The van der Waals surface area contributed by atoms with Gasteiger partial charge in [-0.3, -0.25) is 0 Å². The lowest BCUT2D eigenvalue weighted by Crippen LogP contribution is -2.51. The Balaban J connectivity index is 4.23. The summed E-state index contributed by atoms with van der Waals surface area (Å²) < 4.78 is 6.48. The van der Waals surface area contributed by atoms with E-state index < -0.39 is 8.32 Å². The van der Waals surface area contributed by atoms with Crippen LogP contribution in [0.5, 0.6) is 0 Å². The topological polar surface area (TPSA) is 61.3 Å². The van der Waals surface area contributed by atoms with Gasteiger partial charge in [-0.25, -0.2) is 0 Å². The summed E-state index contributed by atoms with van der Waals surface area (Å²) in [6, 6.07) is -0.154. The Labute approximate surface area is 176 Å². The Kier molecular flexibility index (Phi) is 14.6. The van der Waals surface area contributed by atoms with E-state index in [9.17, 15) is 0 Å². The molecule has 0 spiro atoms. The minimum atomic E-state index is -1.87. The van der Waals surface area contributed by atoms with Crippen molar-refractivity contribution in [1.29, 1.82) is 0 Å². The van der Waals surface area contributed by atoms with Crippen molar-refractivity contribution in [3.8, 4) is 11.8 Å². The van der Waals surface area contributed by atoms with Crippen molar-refractivity contribution in [2.45, 2.75) is 109 Å². The third-order valence-electron chi connectivity index (χ3n) is 5.46. The van der Waals surface area contributed by atoms with Gasteiger partial charge in [0.25, 0.3) is 0 Å². The Bertz CT molecular complexity index is 509. The minimum Gasteiger partial charge on any atom is -0.411 e. The Morgan fingerprint density at radius 2 is 1.61 bits per heavy atom. The average molecular weight is 407 g/mol. The number of nitrogens with two attached hydrogens (primary N) is 2. The summed E-state index contributed by atoms with van der Waals surface area (Å²) in [4.78, 5) is 0. The zero-order chi connectivity index (χ0) is 21.5. The first-order chi connectivity index (χ1) is 13.2. The predicted molar refractivity (Wildman–Crippen MR) is 128 cm³/mol. The molecule has 0 saturated heterocycles. The van der Waals surface area contributed by atoms with E-state index in [1.807, 2.05) is 0 Å². The summed E-state index contributed by atoms with van der Waals surface area (Å²) in [5, 5.41) is 0.158. The van der Waals surface area contributed by atoms with E-state index >= 15 is 0 Å². The van der Waals surface area contributed by atoms with Crippen LogP contribution in [0.4, 0.5) is 0 Å². The number of allylic oxidation sites excluding steroid dienone is 4. The standard InChI is InChI=1S/C24H46N2OSi/c1-7-8-9-10-11-12-13-14-15-16-17-18-19-20-23(22(26)21-25)27-28(5,6)24(2,3)4/h10-13,22-23H,7-9,14-17,20-21,25-26H2,1-6H3/b11-10+,13-12+/t22-,23-/m0/s1. The van der Waals surface area contributed by atoms with Crippen molar-refractivity contribution in [3.05, 3.63) is 24.3 Å². The molecule has 0 saturated carbocycles. The van der Waals surface area contributed by atoms with Gasteiger partial charge in [-0.05, 0) is 43.8 Å². The molecule has 162 valence electrons. The highest BCUT2D eigenvalue weighted by atomic mass is 28.4. The molecule has 0 aliphatic carbocycles. The monoisotopic (exact) mass is 406 g/mol. The normalized spacial score (nSPS) is 15.0. The first-order valence-electron chi connectivity index (χ1n) is 11.1. The van der Waals surface area contributed by atoms with Crippen molar-refractivity contribution in [1.82, 2.24) is 0 Å². The highest BCUT2D eigenvalue weighted by Crippen LogP contribution is 2.37. The molecule has 0 radical (unpaired) electrons. The van der Waals surface area contributed by atoms with Crippen molar-refractivity contribution in [2.24, 2.45) is 11.5 Å². The molecule has 0 aromatic carbocycles. The van der Waals surface area contributed by atoms with Gasteiger partial charge in [0.05, 0.1) is 6.10 Å². The van der Waals surface area contributed by atoms with Gasteiger partial charge in [0.2, 0.25) is 0 Å². The second-order valence-corrected chi connectivity index (χ2v) is 13.9. The third-order valence-corrected chi connectivity index (χ3v) is 9.96. The Morgan fingerprint density at radius 1 is 1.00 bits per heavy atom. The minimum absolute atomic E-state index is 0.0687. The quantitative estimate of drug-likeness (QED) is 0.173. The van der Waals surface area contributed by atoms with Crippen LogP contribution >= 0.6 is 0 Å². The van der Waals surface area contributed by atoms with Gasteiger partial charge in [-0.2, -0.15) is 0 Å². The maximum Gasteiger partial charge on any atom is 0.192 e. The molecule has 2 atom stereocenters. The van der Waals surface area contributed by atoms with Crippen LogP contribution in [0.15, 0.2) is 24.3 Å². The molecular weight excluding hydrogens is 360 g/mol. The van der Waals surface area contributed by atoms with E-state index in [1.54, 1.807) is 0 Å². The van der Waals surface area contributed by atoms with Crippen molar-refractivity contribution < 1.29 is 4.43 Å². The van der Waals surface area contributed by atoms with Gasteiger partial charge in [0.15, 0.2) is 8.32 Å². The molecule has 0 amide bonds. The maximum absolute atomic E-state index is 6.48. The fourth-order valence-electron chi connectivity index (χ4n) is 2.40. The average Bonchev–Trinajstić information content (AvgIpc) is 2.62. The summed E-state index contributed by atoms with van der Waals surface area (Å²) in [7, 11) is -1.87. The lowest BCUT2D eigenvalue weighted by molar-refractivity contribution is 0.159. The number of unbranched alkanes of at least 4 members (excludes halogenated alkanes) is 5. The lowest BCUT2D eigenvalue weighted by atomic mass is 10.1. The summed E-state index contributed by atoms with van der Waals surface area (Å²) >= 11 is 0. The first kappa shape index (κ1) is 27.1. The van der Waals surface area contributed by atoms with E-state index in [2.05, 4.69) is 76.9 Å². The molecular formula is C24H46N2OSi. The second kappa shape index (κ2) is 15.0. The first-order valence-corrected chi connectivity index (χ1v) is 14.0. The van der Waals surface area contributed by atoms with Gasteiger partial charge in [0.1, 0.15) is 0 Å². The third kappa shape index (κ3) is 12.6. The molecule has 3 nitrogen and oxygen atoms in total. The molecule has 0 unspecified atom stereocenters. The Morgan fingerprint density at radius 3 is 2.14 bits per heavy atom. The van der Waals surface area contributed by atoms with Crippen LogP contribution in [0.2, 0.25) is 18.1 Å². The van der Waals surface area contributed by atoms with Crippen LogP contribution in [0, 0.1) is 11.8 Å². The highest BCUT2D eigenvalue weighted by Gasteiger charge is 2.39. The smallest absolute Gasteiger partial charge is 0.192 e. The van der Waals surface area contributed by atoms with Crippen molar-refractivity contribution in [2.75, 3.05) is 6.54 Å². The number of hydrogen-bond acceptors (Lipinski definition) is 3. The van der Waals surface area contributed by atoms with E-state index in [0.29, 0.717) is 13.0 Å². The van der Waals surface area contributed by atoms with E-state index in [0.717, 1.165) is 19.3 Å². The van der Waals surface area contributed by atoms with Gasteiger partial charge >= 0.3 is 0 Å². The van der Waals surface area contributed by atoms with Crippen LogP contribution in [-0.4, -0.2) is 27.0 Å². The van der Waals surface area contributed by atoms with Crippen LogP contribution in [0.1, 0.15) is 79.1 Å². The zero-order valence-electron chi connectivity index (χ0n) is 19.4. The Hall–Kier alpha value is -0.863. The van der Waals surface area contributed by atoms with E-state index in [1.165, 1.54) is 25.7 Å². The molecule has 0 aliphatic heterocycles. The van der Waals surface area contributed by atoms with Gasteiger partial charge < -0.3 is 15.9 Å². The van der Waals surface area contributed by atoms with Crippen LogP contribution < -0.4 is 11.5 Å². The maximum atomic E-state index is 6.48. The number of rotatable bonds is 13. The molecule has 4 N–H and O–H groups in total. The molecule has 0 aliphatic rings. The van der Waals surface area contributed by atoms with E-state index in [4.69, 9.17) is 15.9 Å². The van der Waals surface area contributed by atoms with Gasteiger partial charge in [-0.1, -0.05) is 64.8 Å². The lowest BCUT2D eigenvalue weighted by Gasteiger charge is -2.40. The molecule has 0 fully saturated rings. The summed E-state index contributed by atoms with van der Waals surface area (Å²) in [5.74, 6) is 6.58. The second-order valence-electron chi connectivity index (χ2n) is 9.12. The molecule has 0 aromatic rings. The predicted octanol–water partition coefficient (Wildman–Crippen LogP) is 5.92. The SMILES string of the molecule is CCCC/C=C/C=C/CCCCC#CC[C@H](O[Si](C)(C)C(C)(C)C)[C@@H](N)CN. The zero-order valence-corrected chi connectivity index (χ0v) is 20.4. The van der Waals surface area contributed by atoms with Gasteiger partial charge in [0, 0.05) is 25.4 Å². The summed E-state index contributed by atoms with van der Waals surface area (Å²) in [6.07, 6.45) is 17.5. The van der Waals surface area contributed by atoms with Crippen LogP contribution in [0.25, 0.3) is 0 Å². The summed E-state index contributed by atoms with van der Waals surface area (Å²) in [5.41, 5.74) is 12.0. The highest BCUT2D eigenvalue weighted by molar-refractivity contribution is 6.74. The molecule has 28 heavy (non-hydrogen) atoms. The summed E-state index contributed by atoms with van der Waals surface area (Å²) in [6.45, 7) is 13.9. The van der Waals surface area contributed by atoms with Crippen LogP contribution in [-0.2, 0) is 4.43 Å². The van der Waals surface area contributed by atoms with Crippen molar-refractivity contribution in [3.63, 3.8) is 0 Å². The molecule has 0 aromatic heterocycles. The van der Waals surface area contributed by atoms with Crippen LogP contribution in [0.3, 0.4) is 0 Å². The molecule has 0 bridgehead atoms. The molecule has 0 heterocycles. The fourth-order valence-corrected chi connectivity index (χ4v) is 3.76.